The molecule has 0 atom stereocenters. The predicted octanol–water partition coefficient (Wildman–Crippen LogP) is 4.03. The molecule has 21 heavy (non-hydrogen) atoms. The molecule has 4 nitrogen and oxygen atoms in total. The summed E-state index contributed by atoms with van der Waals surface area (Å²) in [7, 11) is 0. The first kappa shape index (κ1) is 16.6. The first-order chi connectivity index (χ1) is 10.1. The lowest BCUT2D eigenvalue weighted by molar-refractivity contribution is -0.118. The fourth-order valence-corrected chi connectivity index (χ4v) is 2.92. The van der Waals surface area contributed by atoms with Gasteiger partial charge in [0.15, 0.2) is 3.77 Å². The summed E-state index contributed by atoms with van der Waals surface area (Å²) in [5, 5.41) is 3.85. The Labute approximate surface area is 149 Å². The maximum absolute atomic E-state index is 11.6. The minimum absolute atomic E-state index is 0.130. The van der Waals surface area contributed by atoms with Crippen LogP contribution in [0.2, 0.25) is 0 Å². The number of carbonyl (C=O) groups is 1. The van der Waals surface area contributed by atoms with Crippen LogP contribution in [-0.4, -0.2) is 17.9 Å². The zero-order chi connectivity index (χ0) is 15.1. The number of benzene rings is 1. The monoisotopic (exact) mass is 478 g/mol. The summed E-state index contributed by atoms with van der Waals surface area (Å²) >= 11 is 7.01. The predicted molar refractivity (Wildman–Crippen MR) is 97.5 cm³/mol. The lowest BCUT2D eigenvalue weighted by atomic mass is 10.2. The second-order valence-electron chi connectivity index (χ2n) is 4.05. The van der Waals surface area contributed by atoms with Gasteiger partial charge in [-0.1, -0.05) is 28.1 Å². The van der Waals surface area contributed by atoms with Crippen molar-refractivity contribution in [3.8, 4) is 0 Å². The van der Waals surface area contributed by atoms with E-state index < -0.39 is 0 Å². The van der Waals surface area contributed by atoms with Crippen molar-refractivity contribution in [1.82, 2.24) is 5.43 Å². The van der Waals surface area contributed by atoms with Gasteiger partial charge in [-0.05, 0) is 52.4 Å². The van der Waals surface area contributed by atoms with Crippen molar-refractivity contribution in [2.75, 3.05) is 5.75 Å². The highest BCUT2D eigenvalue weighted by Crippen LogP contribution is 2.15. The van der Waals surface area contributed by atoms with E-state index in [2.05, 4.69) is 49.0 Å². The van der Waals surface area contributed by atoms with Crippen LogP contribution in [0.25, 0.3) is 0 Å². The summed E-state index contributed by atoms with van der Waals surface area (Å²) in [6.07, 6.45) is 1.49. The number of nitrogens with one attached hydrogen (secondary N) is 1. The van der Waals surface area contributed by atoms with Crippen LogP contribution >= 0.6 is 50.3 Å². The molecule has 110 valence electrons. The van der Waals surface area contributed by atoms with Gasteiger partial charge < -0.3 is 4.42 Å². The maximum Gasteiger partial charge on any atom is 0.250 e. The third-order valence-corrected chi connectivity index (χ3v) is 4.50. The molecule has 7 heteroatoms. The summed E-state index contributed by atoms with van der Waals surface area (Å²) in [5.41, 5.74) is 3.66. The van der Waals surface area contributed by atoms with Crippen molar-refractivity contribution >= 4 is 62.4 Å². The molecule has 0 saturated heterocycles. The van der Waals surface area contributed by atoms with Crippen LogP contribution in [0.5, 0.6) is 0 Å². The van der Waals surface area contributed by atoms with E-state index in [1.807, 2.05) is 30.3 Å². The molecule has 0 bridgehead atoms. The van der Waals surface area contributed by atoms with Crippen molar-refractivity contribution in [3.05, 3.63) is 56.0 Å². The van der Waals surface area contributed by atoms with Crippen LogP contribution in [0, 0.1) is 3.77 Å². The Hall–Kier alpha value is -0.800. The van der Waals surface area contributed by atoms with Crippen molar-refractivity contribution < 1.29 is 9.21 Å². The van der Waals surface area contributed by atoms with Crippen molar-refractivity contribution in [2.45, 2.75) is 5.75 Å². The summed E-state index contributed by atoms with van der Waals surface area (Å²) in [4.78, 5) is 11.6. The second kappa shape index (κ2) is 8.60. The molecule has 1 aromatic heterocycles. The number of hydrazone groups is 1. The Bertz CT molecular complexity index is 628. The summed E-state index contributed by atoms with van der Waals surface area (Å²) in [6.45, 7) is 0. The molecule has 0 saturated carbocycles. The van der Waals surface area contributed by atoms with Gasteiger partial charge in [0.1, 0.15) is 5.76 Å². The maximum atomic E-state index is 11.6. The number of hydrogen-bond acceptors (Lipinski definition) is 4. The number of amides is 1. The fraction of sp³-hybridized carbons (Fsp3) is 0.143. The zero-order valence-electron chi connectivity index (χ0n) is 10.9. The van der Waals surface area contributed by atoms with E-state index in [-0.39, 0.29) is 5.91 Å². The van der Waals surface area contributed by atoms with Crippen LogP contribution < -0.4 is 5.43 Å². The van der Waals surface area contributed by atoms with E-state index in [1.165, 1.54) is 11.8 Å². The highest BCUT2D eigenvalue weighted by Gasteiger charge is 2.01. The fourth-order valence-electron chi connectivity index (χ4n) is 1.44. The lowest BCUT2D eigenvalue weighted by Crippen LogP contribution is -2.19. The Balaban J connectivity index is 1.68. The van der Waals surface area contributed by atoms with Gasteiger partial charge in [0.25, 0.3) is 0 Å². The van der Waals surface area contributed by atoms with Gasteiger partial charge >= 0.3 is 0 Å². The number of thioether (sulfide) groups is 1. The van der Waals surface area contributed by atoms with Gasteiger partial charge in [-0.15, -0.1) is 11.8 Å². The van der Waals surface area contributed by atoms with E-state index in [9.17, 15) is 4.79 Å². The van der Waals surface area contributed by atoms with Crippen molar-refractivity contribution in [1.29, 1.82) is 0 Å². The average molecular weight is 479 g/mol. The quantitative estimate of drug-likeness (QED) is 0.387. The van der Waals surface area contributed by atoms with E-state index in [4.69, 9.17) is 4.42 Å². The highest BCUT2D eigenvalue weighted by atomic mass is 127. The minimum Gasteiger partial charge on any atom is -0.449 e. The van der Waals surface area contributed by atoms with Gasteiger partial charge in [-0.25, -0.2) is 5.43 Å². The molecule has 2 aromatic rings. The molecule has 1 N–H and O–H groups in total. The Morgan fingerprint density at radius 2 is 2.10 bits per heavy atom. The Kier molecular flexibility index (Phi) is 6.78. The van der Waals surface area contributed by atoms with Gasteiger partial charge in [0.2, 0.25) is 5.91 Å². The lowest BCUT2D eigenvalue weighted by Gasteiger charge is -2.01. The van der Waals surface area contributed by atoms with Gasteiger partial charge in [-0.2, -0.15) is 5.10 Å². The van der Waals surface area contributed by atoms with Crippen LogP contribution in [0.15, 0.2) is 50.4 Å². The van der Waals surface area contributed by atoms with Gasteiger partial charge in [0, 0.05) is 10.2 Å². The van der Waals surface area contributed by atoms with Crippen LogP contribution in [0.3, 0.4) is 0 Å². The van der Waals surface area contributed by atoms with Crippen LogP contribution in [0.4, 0.5) is 0 Å². The van der Waals surface area contributed by atoms with Gasteiger partial charge in [-0.3, -0.25) is 4.79 Å². The molecule has 2 rings (SSSR count). The Morgan fingerprint density at radius 3 is 2.76 bits per heavy atom. The number of carbonyl (C=O) groups excluding carboxylic acids is 1. The molecule has 1 aromatic carbocycles. The summed E-state index contributed by atoms with van der Waals surface area (Å²) < 4.78 is 7.13. The number of halogens is 2. The number of rotatable bonds is 6. The molecule has 0 fully saturated rings. The van der Waals surface area contributed by atoms with E-state index in [1.54, 1.807) is 17.8 Å². The molecule has 1 heterocycles. The molecule has 1 amide bonds. The average Bonchev–Trinajstić information content (AvgIpc) is 2.87. The third kappa shape index (κ3) is 6.23. The molecule has 0 aliphatic heterocycles. The molecule has 0 aliphatic carbocycles. The highest BCUT2D eigenvalue weighted by molar-refractivity contribution is 14.1. The first-order valence-electron chi connectivity index (χ1n) is 6.03. The van der Waals surface area contributed by atoms with Gasteiger partial charge in [0.05, 0.1) is 12.0 Å². The number of hydrogen-bond donors (Lipinski definition) is 1. The Morgan fingerprint density at radius 1 is 1.33 bits per heavy atom. The first-order valence-corrected chi connectivity index (χ1v) is 9.05. The number of nitrogens with zero attached hydrogens (tertiary/aromatic N) is 1. The van der Waals surface area contributed by atoms with E-state index in [0.29, 0.717) is 11.5 Å². The van der Waals surface area contributed by atoms with Crippen molar-refractivity contribution in [2.24, 2.45) is 5.10 Å². The molecule has 0 aliphatic rings. The smallest absolute Gasteiger partial charge is 0.250 e. The molecule has 0 spiro atoms. The summed E-state index contributed by atoms with van der Waals surface area (Å²) in [6, 6.07) is 11.7. The minimum atomic E-state index is -0.130. The molecular formula is C14H12BrIN2O2S. The SMILES string of the molecule is O=C(CSCc1ccc(Br)cc1)NN=Cc1ccc(I)o1. The largest absolute Gasteiger partial charge is 0.449 e. The zero-order valence-corrected chi connectivity index (χ0v) is 15.4. The molecule has 0 radical (unpaired) electrons. The summed E-state index contributed by atoms with van der Waals surface area (Å²) in [5.74, 6) is 1.64. The normalized spacial score (nSPS) is 11.0. The molecule has 0 unspecified atom stereocenters. The van der Waals surface area contributed by atoms with E-state index >= 15 is 0 Å². The van der Waals surface area contributed by atoms with Crippen LogP contribution in [0.1, 0.15) is 11.3 Å². The van der Waals surface area contributed by atoms with Crippen LogP contribution in [-0.2, 0) is 10.5 Å². The van der Waals surface area contributed by atoms with Crippen molar-refractivity contribution in [3.63, 3.8) is 0 Å². The second-order valence-corrected chi connectivity index (χ2v) is 7.02. The standard InChI is InChI=1S/C14H12BrIN2O2S/c15-11-3-1-10(2-4-11)8-21-9-14(19)18-17-7-12-5-6-13(16)20-12/h1-7H,8-9H2,(H,18,19). The molecular weight excluding hydrogens is 467 g/mol. The topological polar surface area (TPSA) is 54.6 Å². The number of furan rings is 1. The third-order valence-electron chi connectivity index (χ3n) is 2.39. The van der Waals surface area contributed by atoms with E-state index in [0.717, 1.165) is 14.0 Å².